The van der Waals surface area contributed by atoms with E-state index in [0.29, 0.717) is 19.5 Å². The standard InChI is InChI=1S/C21H36N2O5Si/c1-8-13-26-19(24)22-12-10-11-17-15-18(28-29(6,7)21(3,4)5)16-23(17)20(25)27-14-9-2/h8-11,17-18H,1-2,12-16H2,3-7H3,(H,22,24)/t17-,18-/m1/s1. The monoisotopic (exact) mass is 424 g/mol. The number of nitrogens with zero attached hydrogens (tertiary/aromatic N) is 1. The van der Waals surface area contributed by atoms with Crippen LogP contribution in [0.5, 0.6) is 0 Å². The van der Waals surface area contributed by atoms with E-state index in [1.165, 1.54) is 6.08 Å². The lowest BCUT2D eigenvalue weighted by molar-refractivity contribution is 0.108. The van der Waals surface area contributed by atoms with Gasteiger partial charge in [-0.15, -0.1) is 0 Å². The molecule has 0 bridgehead atoms. The first kappa shape index (κ1) is 25.0. The van der Waals surface area contributed by atoms with Crippen LogP contribution in [-0.4, -0.2) is 63.9 Å². The molecule has 0 spiro atoms. The van der Waals surface area contributed by atoms with Gasteiger partial charge in [0.05, 0.1) is 12.1 Å². The molecule has 1 fully saturated rings. The highest BCUT2D eigenvalue weighted by atomic mass is 28.4. The lowest BCUT2D eigenvalue weighted by Gasteiger charge is -2.38. The highest BCUT2D eigenvalue weighted by Gasteiger charge is 2.43. The van der Waals surface area contributed by atoms with Crippen molar-refractivity contribution in [2.45, 2.75) is 57.5 Å². The van der Waals surface area contributed by atoms with Crippen molar-refractivity contribution < 1.29 is 23.5 Å². The highest BCUT2D eigenvalue weighted by Crippen LogP contribution is 2.39. The summed E-state index contributed by atoms with van der Waals surface area (Å²) in [4.78, 5) is 25.6. The Morgan fingerprint density at radius 2 is 1.79 bits per heavy atom. The predicted molar refractivity (Wildman–Crippen MR) is 117 cm³/mol. The van der Waals surface area contributed by atoms with Crippen LogP contribution in [0.3, 0.4) is 0 Å². The van der Waals surface area contributed by atoms with Crippen LogP contribution in [0.25, 0.3) is 0 Å². The molecule has 164 valence electrons. The van der Waals surface area contributed by atoms with E-state index in [9.17, 15) is 9.59 Å². The zero-order valence-corrected chi connectivity index (χ0v) is 19.4. The van der Waals surface area contributed by atoms with Crippen LogP contribution in [0.2, 0.25) is 18.1 Å². The van der Waals surface area contributed by atoms with Gasteiger partial charge in [-0.25, -0.2) is 9.59 Å². The van der Waals surface area contributed by atoms with Crippen molar-refractivity contribution in [2.75, 3.05) is 26.3 Å². The van der Waals surface area contributed by atoms with E-state index in [4.69, 9.17) is 13.9 Å². The molecule has 1 N–H and O–H groups in total. The molecule has 0 unspecified atom stereocenters. The van der Waals surface area contributed by atoms with Crippen molar-refractivity contribution >= 4 is 20.5 Å². The van der Waals surface area contributed by atoms with Gasteiger partial charge >= 0.3 is 12.2 Å². The summed E-state index contributed by atoms with van der Waals surface area (Å²) in [6.45, 7) is 19.2. The molecule has 0 saturated carbocycles. The molecule has 1 rings (SSSR count). The quantitative estimate of drug-likeness (QED) is 0.442. The van der Waals surface area contributed by atoms with E-state index in [1.807, 2.05) is 12.2 Å². The number of hydrogen-bond donors (Lipinski definition) is 1. The van der Waals surface area contributed by atoms with Gasteiger partial charge in [-0.3, -0.25) is 4.90 Å². The van der Waals surface area contributed by atoms with E-state index in [0.717, 1.165) is 0 Å². The Balaban J connectivity index is 2.75. The number of carbonyl (C=O) groups is 2. The first-order valence-corrected chi connectivity index (χ1v) is 12.8. The van der Waals surface area contributed by atoms with Gasteiger partial charge in [-0.2, -0.15) is 0 Å². The first-order chi connectivity index (χ1) is 13.5. The summed E-state index contributed by atoms with van der Waals surface area (Å²) >= 11 is 0. The average molecular weight is 425 g/mol. The van der Waals surface area contributed by atoms with E-state index in [1.54, 1.807) is 11.0 Å². The summed E-state index contributed by atoms with van der Waals surface area (Å²) in [6, 6.07) is -0.159. The summed E-state index contributed by atoms with van der Waals surface area (Å²) in [7, 11) is -1.96. The Labute approximate surface area is 175 Å². The molecule has 0 radical (unpaired) electrons. The second-order valence-corrected chi connectivity index (χ2v) is 13.3. The smallest absolute Gasteiger partial charge is 0.410 e. The lowest BCUT2D eigenvalue weighted by atomic mass is 10.2. The first-order valence-electron chi connectivity index (χ1n) is 9.92. The Bertz CT molecular complexity index is 613. The number of rotatable bonds is 9. The molecule has 0 aliphatic carbocycles. The normalized spacial score (nSPS) is 19.8. The molecule has 1 aliphatic rings. The molecule has 8 heteroatoms. The molecule has 1 aliphatic heterocycles. The van der Waals surface area contributed by atoms with E-state index < -0.39 is 14.4 Å². The van der Waals surface area contributed by atoms with Gasteiger partial charge in [0.25, 0.3) is 0 Å². The highest BCUT2D eigenvalue weighted by molar-refractivity contribution is 6.74. The Morgan fingerprint density at radius 1 is 1.17 bits per heavy atom. The van der Waals surface area contributed by atoms with Crippen LogP contribution >= 0.6 is 0 Å². The van der Waals surface area contributed by atoms with Crippen molar-refractivity contribution in [3.05, 3.63) is 37.5 Å². The van der Waals surface area contributed by atoms with Gasteiger partial charge in [-0.05, 0) is 24.6 Å². The van der Waals surface area contributed by atoms with Crippen molar-refractivity contribution in [1.29, 1.82) is 0 Å². The Hall–Kier alpha value is -2.06. The molecule has 29 heavy (non-hydrogen) atoms. The number of ether oxygens (including phenoxy) is 2. The molecule has 1 saturated heterocycles. The van der Waals surface area contributed by atoms with Gasteiger partial charge in [0, 0.05) is 13.1 Å². The van der Waals surface area contributed by atoms with Gasteiger partial charge in [-0.1, -0.05) is 58.2 Å². The number of likely N-dealkylation sites (tertiary alicyclic amines) is 1. The number of nitrogens with one attached hydrogen (secondary N) is 1. The maximum atomic E-state index is 12.5. The fraction of sp³-hybridized carbons (Fsp3) is 0.619. The van der Waals surface area contributed by atoms with Crippen molar-refractivity contribution in [3.8, 4) is 0 Å². The van der Waals surface area contributed by atoms with Crippen molar-refractivity contribution in [1.82, 2.24) is 10.2 Å². The largest absolute Gasteiger partial charge is 0.445 e. The fourth-order valence-corrected chi connectivity index (χ4v) is 4.02. The van der Waals surface area contributed by atoms with Crippen LogP contribution in [0, 0.1) is 0 Å². The minimum Gasteiger partial charge on any atom is -0.445 e. The summed E-state index contributed by atoms with van der Waals surface area (Å²) in [5, 5.41) is 2.71. The van der Waals surface area contributed by atoms with E-state index in [-0.39, 0.29) is 36.5 Å². The predicted octanol–water partition coefficient (Wildman–Crippen LogP) is 4.24. The molecule has 0 aromatic heterocycles. The van der Waals surface area contributed by atoms with Gasteiger partial charge in [0.2, 0.25) is 0 Å². The maximum absolute atomic E-state index is 12.5. The van der Waals surface area contributed by atoms with Crippen LogP contribution < -0.4 is 5.32 Å². The second kappa shape index (κ2) is 11.2. The molecular formula is C21H36N2O5Si. The van der Waals surface area contributed by atoms with Crippen molar-refractivity contribution in [3.63, 3.8) is 0 Å². The third-order valence-electron chi connectivity index (χ3n) is 5.19. The van der Waals surface area contributed by atoms with Gasteiger partial charge < -0.3 is 19.2 Å². The van der Waals surface area contributed by atoms with Gasteiger partial charge in [0.1, 0.15) is 13.2 Å². The third kappa shape index (κ3) is 8.06. The third-order valence-corrected chi connectivity index (χ3v) is 9.72. The summed E-state index contributed by atoms with van der Waals surface area (Å²) in [5.41, 5.74) is 0. The Morgan fingerprint density at radius 3 is 2.38 bits per heavy atom. The average Bonchev–Trinajstić information content (AvgIpc) is 3.02. The molecule has 7 nitrogen and oxygen atoms in total. The molecule has 0 aromatic rings. The lowest BCUT2D eigenvalue weighted by Crippen LogP contribution is -2.44. The molecule has 0 aromatic carbocycles. The maximum Gasteiger partial charge on any atom is 0.410 e. The van der Waals surface area contributed by atoms with Crippen LogP contribution in [-0.2, 0) is 13.9 Å². The van der Waals surface area contributed by atoms with Crippen LogP contribution in [0.4, 0.5) is 9.59 Å². The summed E-state index contributed by atoms with van der Waals surface area (Å²) in [6.07, 6.45) is 6.49. The van der Waals surface area contributed by atoms with E-state index >= 15 is 0 Å². The SMILES string of the molecule is C=CCOC(=O)NCC=C[C@@H]1C[C@@H](O[Si](C)(C)C(C)(C)C)CN1C(=O)OCC=C. The summed E-state index contributed by atoms with van der Waals surface area (Å²) < 4.78 is 16.6. The second-order valence-electron chi connectivity index (χ2n) is 8.52. The molecule has 2 amide bonds. The van der Waals surface area contributed by atoms with Crippen LogP contribution in [0.15, 0.2) is 37.5 Å². The number of alkyl carbamates (subject to hydrolysis) is 1. The van der Waals surface area contributed by atoms with Crippen molar-refractivity contribution in [2.24, 2.45) is 0 Å². The fourth-order valence-electron chi connectivity index (χ4n) is 2.66. The van der Waals surface area contributed by atoms with Crippen LogP contribution in [0.1, 0.15) is 27.2 Å². The minimum atomic E-state index is -1.96. The van der Waals surface area contributed by atoms with E-state index in [2.05, 4.69) is 52.3 Å². The minimum absolute atomic E-state index is 0.0488. The number of amides is 2. The number of carbonyl (C=O) groups excluding carboxylic acids is 2. The topological polar surface area (TPSA) is 77.1 Å². The molecular weight excluding hydrogens is 388 g/mol. The zero-order valence-electron chi connectivity index (χ0n) is 18.4. The molecule has 2 atom stereocenters. The number of hydrogen-bond acceptors (Lipinski definition) is 5. The Kier molecular flexibility index (Phi) is 9.65. The van der Waals surface area contributed by atoms with Gasteiger partial charge in [0.15, 0.2) is 8.32 Å². The summed E-state index contributed by atoms with van der Waals surface area (Å²) in [5.74, 6) is 0. The zero-order chi connectivity index (χ0) is 22.1. The molecule has 1 heterocycles.